The Morgan fingerprint density at radius 3 is 2.56 bits per heavy atom. The van der Waals surface area contributed by atoms with E-state index < -0.39 is 0 Å². The normalized spacial score (nSPS) is 10.9. The fraction of sp³-hybridized carbons (Fsp3) is 0.429. The van der Waals surface area contributed by atoms with Crippen molar-refractivity contribution in [1.82, 2.24) is 14.8 Å². The summed E-state index contributed by atoms with van der Waals surface area (Å²) in [5.41, 5.74) is 1.14. The zero-order valence-corrected chi connectivity index (χ0v) is 11.2. The van der Waals surface area contributed by atoms with Gasteiger partial charge >= 0.3 is 0 Å². The van der Waals surface area contributed by atoms with Crippen LogP contribution in [0.5, 0.6) is 0 Å². The average molecular weight is 244 g/mol. The van der Waals surface area contributed by atoms with Crippen molar-refractivity contribution in [1.29, 1.82) is 0 Å². The standard InChI is InChI=1S/C14H20N4/c1-11(2)18-12(3)16-17-14(18)9-10-15-13-7-5-4-6-8-13/h4-8,11,15H,9-10H2,1-3H3. The Morgan fingerprint density at radius 1 is 1.17 bits per heavy atom. The van der Waals surface area contributed by atoms with Crippen LogP contribution in [0.25, 0.3) is 0 Å². The van der Waals surface area contributed by atoms with E-state index in [0.717, 1.165) is 30.3 Å². The molecule has 1 aromatic carbocycles. The molecule has 0 saturated heterocycles. The zero-order valence-electron chi connectivity index (χ0n) is 11.2. The van der Waals surface area contributed by atoms with E-state index >= 15 is 0 Å². The smallest absolute Gasteiger partial charge is 0.135 e. The summed E-state index contributed by atoms with van der Waals surface area (Å²) in [7, 11) is 0. The van der Waals surface area contributed by atoms with Crippen molar-refractivity contribution in [2.75, 3.05) is 11.9 Å². The first-order valence-corrected chi connectivity index (χ1v) is 6.38. The minimum atomic E-state index is 0.409. The highest BCUT2D eigenvalue weighted by molar-refractivity contribution is 5.42. The van der Waals surface area contributed by atoms with Crippen molar-refractivity contribution in [3.63, 3.8) is 0 Å². The lowest BCUT2D eigenvalue weighted by molar-refractivity contribution is 0.555. The molecule has 0 spiro atoms. The third kappa shape index (κ3) is 2.88. The van der Waals surface area contributed by atoms with Crippen LogP contribution in [0.3, 0.4) is 0 Å². The number of para-hydroxylation sites is 1. The fourth-order valence-electron chi connectivity index (χ4n) is 2.13. The number of nitrogens with one attached hydrogen (secondary N) is 1. The van der Waals surface area contributed by atoms with Crippen LogP contribution in [0.2, 0.25) is 0 Å². The molecule has 0 saturated carbocycles. The number of rotatable bonds is 5. The number of aryl methyl sites for hydroxylation is 1. The Labute approximate surface area is 108 Å². The van der Waals surface area contributed by atoms with Gasteiger partial charge in [-0.05, 0) is 32.9 Å². The first-order chi connectivity index (χ1) is 8.68. The first-order valence-electron chi connectivity index (χ1n) is 6.38. The number of aromatic nitrogens is 3. The topological polar surface area (TPSA) is 42.7 Å². The first kappa shape index (κ1) is 12.6. The molecular weight excluding hydrogens is 224 g/mol. The van der Waals surface area contributed by atoms with E-state index in [2.05, 4.69) is 46.1 Å². The molecule has 2 aromatic rings. The van der Waals surface area contributed by atoms with Crippen LogP contribution in [0.1, 0.15) is 31.5 Å². The molecule has 4 nitrogen and oxygen atoms in total. The van der Waals surface area contributed by atoms with Crippen molar-refractivity contribution in [2.45, 2.75) is 33.2 Å². The molecule has 1 aromatic heterocycles. The van der Waals surface area contributed by atoms with Crippen molar-refractivity contribution in [3.8, 4) is 0 Å². The van der Waals surface area contributed by atoms with Crippen molar-refractivity contribution in [3.05, 3.63) is 42.0 Å². The zero-order chi connectivity index (χ0) is 13.0. The predicted molar refractivity (Wildman–Crippen MR) is 73.8 cm³/mol. The van der Waals surface area contributed by atoms with E-state index in [4.69, 9.17) is 0 Å². The molecule has 0 aliphatic heterocycles. The highest BCUT2D eigenvalue weighted by Crippen LogP contribution is 2.11. The number of anilines is 1. The molecule has 0 fully saturated rings. The number of hydrogen-bond donors (Lipinski definition) is 1. The van der Waals surface area contributed by atoms with Crippen LogP contribution in [-0.4, -0.2) is 21.3 Å². The van der Waals surface area contributed by atoms with Crippen molar-refractivity contribution >= 4 is 5.69 Å². The van der Waals surface area contributed by atoms with Gasteiger partial charge in [-0.1, -0.05) is 18.2 Å². The summed E-state index contributed by atoms with van der Waals surface area (Å²) in [4.78, 5) is 0. The predicted octanol–water partition coefficient (Wildman–Crippen LogP) is 2.82. The monoisotopic (exact) mass is 244 g/mol. The number of benzene rings is 1. The van der Waals surface area contributed by atoms with Crippen LogP contribution < -0.4 is 5.32 Å². The Balaban J connectivity index is 1.95. The molecule has 0 aliphatic carbocycles. The molecule has 0 amide bonds. The molecule has 18 heavy (non-hydrogen) atoms. The number of nitrogens with zero attached hydrogens (tertiary/aromatic N) is 3. The molecule has 0 atom stereocenters. The Bertz CT molecular complexity index is 488. The van der Waals surface area contributed by atoms with Gasteiger partial charge in [-0.2, -0.15) is 0 Å². The van der Waals surface area contributed by atoms with E-state index in [-0.39, 0.29) is 0 Å². The van der Waals surface area contributed by atoms with E-state index in [0.29, 0.717) is 6.04 Å². The summed E-state index contributed by atoms with van der Waals surface area (Å²) in [6.45, 7) is 7.19. The van der Waals surface area contributed by atoms with Crippen LogP contribution in [0, 0.1) is 6.92 Å². The summed E-state index contributed by atoms with van der Waals surface area (Å²) in [5, 5.41) is 11.8. The molecular formula is C14H20N4. The lowest BCUT2D eigenvalue weighted by atomic mass is 10.3. The van der Waals surface area contributed by atoms with Crippen LogP contribution >= 0.6 is 0 Å². The molecule has 0 unspecified atom stereocenters. The highest BCUT2D eigenvalue weighted by atomic mass is 15.3. The maximum Gasteiger partial charge on any atom is 0.135 e. The quantitative estimate of drug-likeness (QED) is 0.879. The van der Waals surface area contributed by atoms with Crippen molar-refractivity contribution in [2.24, 2.45) is 0 Å². The summed E-state index contributed by atoms with van der Waals surface area (Å²) in [5.74, 6) is 2.03. The van der Waals surface area contributed by atoms with E-state index in [1.54, 1.807) is 0 Å². The molecule has 0 bridgehead atoms. The molecule has 1 N–H and O–H groups in total. The second kappa shape index (κ2) is 5.67. The molecule has 2 rings (SSSR count). The average Bonchev–Trinajstić information content (AvgIpc) is 2.72. The van der Waals surface area contributed by atoms with Gasteiger partial charge < -0.3 is 9.88 Å². The largest absolute Gasteiger partial charge is 0.385 e. The second-order valence-corrected chi connectivity index (χ2v) is 4.67. The van der Waals surface area contributed by atoms with Gasteiger partial charge in [0.15, 0.2) is 0 Å². The minimum Gasteiger partial charge on any atom is -0.385 e. The van der Waals surface area contributed by atoms with Gasteiger partial charge in [-0.15, -0.1) is 10.2 Å². The molecule has 96 valence electrons. The van der Waals surface area contributed by atoms with Gasteiger partial charge in [0.05, 0.1) is 0 Å². The van der Waals surface area contributed by atoms with Gasteiger partial charge in [0.25, 0.3) is 0 Å². The van der Waals surface area contributed by atoms with Crippen LogP contribution in [0.4, 0.5) is 5.69 Å². The summed E-state index contributed by atoms with van der Waals surface area (Å²) in [6.07, 6.45) is 0.883. The molecule has 0 aliphatic rings. The van der Waals surface area contributed by atoms with Gasteiger partial charge in [0.2, 0.25) is 0 Å². The van der Waals surface area contributed by atoms with Crippen LogP contribution in [-0.2, 0) is 6.42 Å². The highest BCUT2D eigenvalue weighted by Gasteiger charge is 2.10. The Morgan fingerprint density at radius 2 is 1.89 bits per heavy atom. The molecule has 4 heteroatoms. The molecule has 1 heterocycles. The van der Waals surface area contributed by atoms with Gasteiger partial charge in [-0.25, -0.2) is 0 Å². The van der Waals surface area contributed by atoms with Crippen molar-refractivity contribution < 1.29 is 0 Å². The number of hydrogen-bond acceptors (Lipinski definition) is 3. The lowest BCUT2D eigenvalue weighted by Gasteiger charge is -2.12. The van der Waals surface area contributed by atoms with Crippen LogP contribution in [0.15, 0.2) is 30.3 Å². The van der Waals surface area contributed by atoms with E-state index in [1.807, 2.05) is 25.1 Å². The van der Waals surface area contributed by atoms with E-state index in [1.165, 1.54) is 0 Å². The third-order valence-electron chi connectivity index (χ3n) is 2.90. The lowest BCUT2D eigenvalue weighted by Crippen LogP contribution is -2.12. The second-order valence-electron chi connectivity index (χ2n) is 4.67. The summed E-state index contributed by atoms with van der Waals surface area (Å²) < 4.78 is 2.19. The maximum absolute atomic E-state index is 4.24. The van der Waals surface area contributed by atoms with Gasteiger partial charge in [0.1, 0.15) is 11.6 Å². The Hall–Kier alpha value is -1.84. The van der Waals surface area contributed by atoms with E-state index in [9.17, 15) is 0 Å². The SMILES string of the molecule is Cc1nnc(CCNc2ccccc2)n1C(C)C. The Kier molecular flexibility index (Phi) is 3.97. The maximum atomic E-state index is 4.24. The fourth-order valence-corrected chi connectivity index (χ4v) is 2.13. The summed E-state index contributed by atoms with van der Waals surface area (Å²) in [6, 6.07) is 10.6. The minimum absolute atomic E-state index is 0.409. The van der Waals surface area contributed by atoms with Gasteiger partial charge in [0, 0.05) is 24.7 Å². The molecule has 0 radical (unpaired) electrons. The van der Waals surface area contributed by atoms with Gasteiger partial charge in [-0.3, -0.25) is 0 Å². The third-order valence-corrected chi connectivity index (χ3v) is 2.90. The summed E-state index contributed by atoms with van der Waals surface area (Å²) >= 11 is 0.